The number of benzene rings is 2. The molecule has 0 fully saturated rings. The molecule has 4 nitrogen and oxygen atoms in total. The molecule has 0 atom stereocenters. The van der Waals surface area contributed by atoms with Crippen LogP contribution in [-0.2, 0) is 6.54 Å². The first-order valence-electron chi connectivity index (χ1n) is 5.87. The van der Waals surface area contributed by atoms with Gasteiger partial charge in [0.15, 0.2) is 0 Å². The van der Waals surface area contributed by atoms with Crippen LogP contribution < -0.4 is 4.90 Å². The molecular formula is C14H12BrClN2O2. The fourth-order valence-electron chi connectivity index (χ4n) is 1.99. The molecule has 6 heteroatoms. The first-order chi connectivity index (χ1) is 9.49. The first-order valence-corrected chi connectivity index (χ1v) is 7.04. The Kier molecular flexibility index (Phi) is 4.62. The Morgan fingerprint density at radius 2 is 2.00 bits per heavy atom. The van der Waals surface area contributed by atoms with E-state index in [0.29, 0.717) is 12.2 Å². The van der Waals surface area contributed by atoms with E-state index in [-0.39, 0.29) is 10.7 Å². The van der Waals surface area contributed by atoms with Crippen molar-refractivity contribution in [2.24, 2.45) is 0 Å². The molecule has 2 aromatic carbocycles. The molecule has 0 aromatic heterocycles. The summed E-state index contributed by atoms with van der Waals surface area (Å²) in [6, 6.07) is 12.7. The van der Waals surface area contributed by atoms with E-state index in [1.165, 1.54) is 6.07 Å². The highest BCUT2D eigenvalue weighted by Gasteiger charge is 2.21. The number of nitrogens with zero attached hydrogens (tertiary/aromatic N) is 2. The Bertz CT molecular complexity index is 649. The van der Waals surface area contributed by atoms with E-state index < -0.39 is 4.92 Å². The van der Waals surface area contributed by atoms with Gasteiger partial charge in [-0.3, -0.25) is 10.1 Å². The van der Waals surface area contributed by atoms with Crippen molar-refractivity contribution in [3.05, 3.63) is 67.6 Å². The van der Waals surface area contributed by atoms with Gasteiger partial charge in [-0.2, -0.15) is 0 Å². The van der Waals surface area contributed by atoms with Gasteiger partial charge >= 0.3 is 5.69 Å². The molecule has 0 spiro atoms. The molecule has 0 amide bonds. The Balaban J connectivity index is 2.32. The smallest absolute Gasteiger partial charge is 0.310 e. The van der Waals surface area contributed by atoms with Crippen LogP contribution in [0, 0.1) is 10.1 Å². The van der Waals surface area contributed by atoms with Crippen LogP contribution in [0.2, 0.25) is 5.02 Å². The zero-order chi connectivity index (χ0) is 14.7. The minimum Gasteiger partial charge on any atom is -0.365 e. The molecule has 2 aromatic rings. The second-order valence-corrected chi connectivity index (χ2v) is 5.67. The van der Waals surface area contributed by atoms with E-state index in [0.717, 1.165) is 10.0 Å². The second kappa shape index (κ2) is 6.24. The highest BCUT2D eigenvalue weighted by Crippen LogP contribution is 2.35. The number of nitro groups is 1. The van der Waals surface area contributed by atoms with Gasteiger partial charge in [0.25, 0.3) is 0 Å². The van der Waals surface area contributed by atoms with Gasteiger partial charge in [0.1, 0.15) is 10.7 Å². The molecule has 0 aliphatic heterocycles. The number of halogens is 2. The highest BCUT2D eigenvalue weighted by atomic mass is 79.9. The van der Waals surface area contributed by atoms with Crippen molar-refractivity contribution < 1.29 is 4.92 Å². The molecular weight excluding hydrogens is 344 g/mol. The van der Waals surface area contributed by atoms with Crippen molar-refractivity contribution >= 4 is 38.9 Å². The van der Waals surface area contributed by atoms with Gasteiger partial charge in [-0.15, -0.1) is 0 Å². The van der Waals surface area contributed by atoms with Gasteiger partial charge in [0, 0.05) is 18.1 Å². The summed E-state index contributed by atoms with van der Waals surface area (Å²) in [4.78, 5) is 12.5. The minimum atomic E-state index is -0.449. The maximum Gasteiger partial charge on any atom is 0.310 e. The lowest BCUT2D eigenvalue weighted by atomic mass is 10.2. The Hall–Kier alpha value is -1.59. The zero-order valence-electron chi connectivity index (χ0n) is 10.7. The van der Waals surface area contributed by atoms with Crippen molar-refractivity contribution in [3.8, 4) is 0 Å². The fraction of sp³-hybridized carbons (Fsp3) is 0.143. The summed E-state index contributed by atoms with van der Waals surface area (Å²) in [5.41, 5.74) is 1.49. The summed E-state index contributed by atoms with van der Waals surface area (Å²) in [6.45, 7) is 0.556. The number of para-hydroxylation sites is 1. The average Bonchev–Trinajstić information content (AvgIpc) is 2.37. The first kappa shape index (κ1) is 14.8. The minimum absolute atomic E-state index is 0.0633. The molecule has 104 valence electrons. The predicted octanol–water partition coefficient (Wildman–Crippen LogP) is 4.65. The van der Waals surface area contributed by atoms with Crippen LogP contribution in [0.15, 0.2) is 46.9 Å². The van der Waals surface area contributed by atoms with Crippen LogP contribution in [0.3, 0.4) is 0 Å². The predicted molar refractivity (Wildman–Crippen MR) is 84.4 cm³/mol. The van der Waals surface area contributed by atoms with Crippen molar-refractivity contribution in [2.45, 2.75) is 6.54 Å². The topological polar surface area (TPSA) is 46.4 Å². The fourth-order valence-corrected chi connectivity index (χ4v) is 2.67. The monoisotopic (exact) mass is 354 g/mol. The van der Waals surface area contributed by atoms with E-state index in [9.17, 15) is 10.1 Å². The Morgan fingerprint density at radius 3 is 2.65 bits per heavy atom. The van der Waals surface area contributed by atoms with E-state index in [4.69, 9.17) is 11.6 Å². The third-order valence-corrected chi connectivity index (χ3v) is 3.67. The lowest BCUT2D eigenvalue weighted by Crippen LogP contribution is -2.17. The molecule has 0 aliphatic rings. The summed E-state index contributed by atoms with van der Waals surface area (Å²) in [6.07, 6.45) is 0. The largest absolute Gasteiger partial charge is 0.365 e. The van der Waals surface area contributed by atoms with Gasteiger partial charge in [0.05, 0.1) is 4.92 Å². The van der Waals surface area contributed by atoms with Crippen LogP contribution in [-0.4, -0.2) is 12.0 Å². The maximum atomic E-state index is 11.1. The molecule has 0 radical (unpaired) electrons. The Labute approximate surface area is 130 Å². The summed E-state index contributed by atoms with van der Waals surface area (Å²) < 4.78 is 0.976. The molecule has 0 bridgehead atoms. The summed E-state index contributed by atoms with van der Waals surface area (Å²) in [7, 11) is 1.81. The van der Waals surface area contributed by atoms with Gasteiger partial charge < -0.3 is 4.90 Å². The molecule has 20 heavy (non-hydrogen) atoms. The number of nitro benzene ring substituents is 1. The van der Waals surface area contributed by atoms with Gasteiger partial charge in [-0.05, 0) is 29.8 Å². The summed E-state index contributed by atoms with van der Waals surface area (Å²) in [5, 5.41) is 11.3. The van der Waals surface area contributed by atoms with Crippen molar-refractivity contribution in [2.75, 3.05) is 11.9 Å². The SMILES string of the molecule is CN(Cc1cccc(Br)c1)c1cccc(Cl)c1[N+](=O)[O-]. The quantitative estimate of drug-likeness (QED) is 0.592. The molecule has 0 saturated heterocycles. The lowest BCUT2D eigenvalue weighted by molar-refractivity contribution is -0.384. The van der Waals surface area contributed by atoms with E-state index in [1.807, 2.05) is 29.2 Å². The second-order valence-electron chi connectivity index (χ2n) is 4.35. The van der Waals surface area contributed by atoms with Gasteiger partial charge in [0.2, 0.25) is 0 Å². The molecule has 0 aliphatic carbocycles. The van der Waals surface area contributed by atoms with Crippen LogP contribution in [0.4, 0.5) is 11.4 Å². The van der Waals surface area contributed by atoms with Crippen molar-refractivity contribution in [1.29, 1.82) is 0 Å². The van der Waals surface area contributed by atoms with Crippen molar-refractivity contribution in [3.63, 3.8) is 0 Å². The molecule has 0 N–H and O–H groups in total. The number of rotatable bonds is 4. The molecule has 2 rings (SSSR count). The van der Waals surface area contributed by atoms with E-state index in [2.05, 4.69) is 15.9 Å². The van der Waals surface area contributed by atoms with Crippen LogP contribution >= 0.6 is 27.5 Å². The highest BCUT2D eigenvalue weighted by molar-refractivity contribution is 9.10. The standard InChI is InChI=1S/C14H12BrClN2O2/c1-17(9-10-4-2-5-11(15)8-10)13-7-3-6-12(16)14(13)18(19)20/h2-8H,9H2,1H3. The van der Waals surface area contributed by atoms with Gasteiger partial charge in [-0.1, -0.05) is 45.7 Å². The lowest BCUT2D eigenvalue weighted by Gasteiger charge is -2.19. The van der Waals surface area contributed by atoms with E-state index in [1.54, 1.807) is 19.2 Å². The normalized spacial score (nSPS) is 10.3. The Morgan fingerprint density at radius 1 is 1.30 bits per heavy atom. The third-order valence-electron chi connectivity index (χ3n) is 2.87. The van der Waals surface area contributed by atoms with Crippen LogP contribution in [0.5, 0.6) is 0 Å². The summed E-state index contributed by atoms with van der Waals surface area (Å²) >= 11 is 9.33. The zero-order valence-corrected chi connectivity index (χ0v) is 13.1. The number of anilines is 1. The maximum absolute atomic E-state index is 11.1. The van der Waals surface area contributed by atoms with Crippen LogP contribution in [0.25, 0.3) is 0 Å². The third kappa shape index (κ3) is 3.29. The molecule has 0 heterocycles. The van der Waals surface area contributed by atoms with Crippen LogP contribution in [0.1, 0.15) is 5.56 Å². The van der Waals surface area contributed by atoms with E-state index >= 15 is 0 Å². The number of hydrogen-bond acceptors (Lipinski definition) is 3. The molecule has 0 unspecified atom stereocenters. The summed E-state index contributed by atoms with van der Waals surface area (Å²) in [5.74, 6) is 0. The van der Waals surface area contributed by atoms with Gasteiger partial charge in [-0.25, -0.2) is 0 Å². The average molecular weight is 356 g/mol. The molecule has 0 saturated carbocycles. The van der Waals surface area contributed by atoms with Crippen molar-refractivity contribution in [1.82, 2.24) is 0 Å². The number of hydrogen-bond donors (Lipinski definition) is 0.